The van der Waals surface area contributed by atoms with E-state index in [1.165, 1.54) is 22.9 Å². The topological polar surface area (TPSA) is 146 Å². The molecular weight excluding hydrogens is 542 g/mol. The largest absolute Gasteiger partial charge is 0.384 e. The minimum atomic E-state index is -3.68. The number of urea groups is 1. The van der Waals surface area contributed by atoms with Crippen LogP contribution < -0.4 is 10.6 Å². The van der Waals surface area contributed by atoms with Gasteiger partial charge in [-0.2, -0.15) is 4.31 Å². The molecule has 0 bridgehead atoms. The van der Waals surface area contributed by atoms with Gasteiger partial charge in [0.1, 0.15) is 12.2 Å². The lowest BCUT2D eigenvalue weighted by Crippen LogP contribution is -2.56. The monoisotopic (exact) mass is 577 g/mol. The standard InChI is InChI=1S/C29H35N7O4S/c30-28(31)25-7-4-8-26(15-25)36-18-24(20-40-19-23-5-2-1-3-6-23)17-34(29(36)37)16-22-10-13-35(14-11-22)41(38,39)27-9-12-32-21-33-27/h1-9,12,15,21-22,24H,10-11,13-14,16-20H2,(H3,30,31). The van der Waals surface area contributed by atoms with Crippen molar-refractivity contribution < 1.29 is 17.9 Å². The second kappa shape index (κ2) is 12.8. The molecule has 2 fully saturated rings. The van der Waals surface area contributed by atoms with Gasteiger partial charge in [-0.1, -0.05) is 42.5 Å². The van der Waals surface area contributed by atoms with Crippen molar-refractivity contribution >= 4 is 27.6 Å². The van der Waals surface area contributed by atoms with Gasteiger partial charge in [0.25, 0.3) is 10.0 Å². The molecule has 0 saturated carbocycles. The van der Waals surface area contributed by atoms with Crippen LogP contribution in [-0.2, 0) is 21.4 Å². The fourth-order valence-electron chi connectivity index (χ4n) is 5.39. The van der Waals surface area contributed by atoms with Gasteiger partial charge < -0.3 is 15.4 Å². The number of rotatable bonds is 10. The zero-order valence-corrected chi connectivity index (χ0v) is 23.6. The molecule has 1 unspecified atom stereocenters. The van der Waals surface area contributed by atoms with E-state index in [-0.39, 0.29) is 28.7 Å². The van der Waals surface area contributed by atoms with E-state index in [9.17, 15) is 13.2 Å². The van der Waals surface area contributed by atoms with Crippen LogP contribution in [0.25, 0.3) is 0 Å². The molecule has 0 spiro atoms. The van der Waals surface area contributed by atoms with E-state index in [0.717, 1.165) is 5.56 Å². The molecule has 1 aromatic heterocycles. The number of anilines is 1. The molecule has 2 amide bonds. The summed E-state index contributed by atoms with van der Waals surface area (Å²) in [4.78, 5) is 25.1. The van der Waals surface area contributed by atoms with Crippen molar-refractivity contribution in [2.75, 3.05) is 44.2 Å². The lowest BCUT2D eigenvalue weighted by molar-refractivity contribution is 0.0661. The van der Waals surface area contributed by atoms with Crippen LogP contribution in [0.2, 0.25) is 0 Å². The lowest BCUT2D eigenvalue weighted by Gasteiger charge is -2.42. The summed E-state index contributed by atoms with van der Waals surface area (Å²) >= 11 is 0. The van der Waals surface area contributed by atoms with Gasteiger partial charge >= 0.3 is 6.03 Å². The highest BCUT2D eigenvalue weighted by Crippen LogP contribution is 2.28. The predicted octanol–water partition coefficient (Wildman–Crippen LogP) is 2.94. The number of carbonyl (C=O) groups is 1. The first-order valence-corrected chi connectivity index (χ1v) is 15.1. The van der Waals surface area contributed by atoms with E-state index in [0.29, 0.717) is 70.0 Å². The zero-order valence-electron chi connectivity index (χ0n) is 22.8. The molecule has 3 aromatic rings. The van der Waals surface area contributed by atoms with E-state index >= 15 is 0 Å². The zero-order chi connectivity index (χ0) is 28.8. The van der Waals surface area contributed by atoms with Crippen LogP contribution in [-0.4, -0.2) is 78.8 Å². The summed E-state index contributed by atoms with van der Waals surface area (Å²) in [5.41, 5.74) is 8.05. The van der Waals surface area contributed by atoms with Gasteiger partial charge in [-0.25, -0.2) is 23.2 Å². The molecule has 41 heavy (non-hydrogen) atoms. The molecule has 2 aliphatic rings. The minimum Gasteiger partial charge on any atom is -0.384 e. The third-order valence-corrected chi connectivity index (χ3v) is 9.38. The van der Waals surface area contributed by atoms with E-state index in [2.05, 4.69) is 9.97 Å². The maximum Gasteiger partial charge on any atom is 0.324 e. The molecule has 5 rings (SSSR count). The summed E-state index contributed by atoms with van der Waals surface area (Å²) in [7, 11) is -3.68. The van der Waals surface area contributed by atoms with Crippen molar-refractivity contribution in [2.45, 2.75) is 24.5 Å². The molecule has 216 valence electrons. The molecule has 0 radical (unpaired) electrons. The van der Waals surface area contributed by atoms with Crippen molar-refractivity contribution in [1.29, 1.82) is 5.41 Å². The second-order valence-electron chi connectivity index (χ2n) is 10.5. The van der Waals surface area contributed by atoms with Gasteiger partial charge in [0, 0.05) is 56.1 Å². The smallest absolute Gasteiger partial charge is 0.324 e. The van der Waals surface area contributed by atoms with Gasteiger partial charge in [-0.05, 0) is 42.5 Å². The number of aromatic nitrogens is 2. The Morgan fingerprint density at radius 2 is 1.80 bits per heavy atom. The van der Waals surface area contributed by atoms with Crippen molar-refractivity contribution in [2.24, 2.45) is 17.6 Å². The van der Waals surface area contributed by atoms with E-state index < -0.39 is 10.0 Å². The van der Waals surface area contributed by atoms with E-state index in [1.54, 1.807) is 23.1 Å². The van der Waals surface area contributed by atoms with Crippen LogP contribution >= 0.6 is 0 Å². The number of carbonyl (C=O) groups excluding carboxylic acids is 1. The fourth-order valence-corrected chi connectivity index (χ4v) is 6.76. The molecule has 2 saturated heterocycles. The number of hydrogen-bond acceptors (Lipinski definition) is 7. The highest BCUT2D eigenvalue weighted by atomic mass is 32.2. The molecule has 2 aliphatic heterocycles. The number of hydrogen-bond donors (Lipinski definition) is 2. The first kappa shape index (κ1) is 28.7. The Morgan fingerprint density at radius 1 is 1.02 bits per heavy atom. The molecular formula is C29H35N7O4S. The van der Waals surface area contributed by atoms with Gasteiger partial charge in [-0.15, -0.1) is 0 Å². The molecule has 1 atom stereocenters. The Bertz CT molecular complexity index is 1450. The second-order valence-corrected chi connectivity index (χ2v) is 12.4. The number of ether oxygens (including phenoxy) is 1. The highest BCUT2D eigenvalue weighted by Gasteiger charge is 2.36. The normalized spacial score (nSPS) is 18.9. The average Bonchev–Trinajstić information content (AvgIpc) is 3.00. The number of nitrogens with zero attached hydrogens (tertiary/aromatic N) is 5. The van der Waals surface area contributed by atoms with Crippen molar-refractivity contribution in [3.05, 3.63) is 84.3 Å². The first-order valence-electron chi connectivity index (χ1n) is 13.7. The van der Waals surface area contributed by atoms with E-state index in [4.69, 9.17) is 15.9 Å². The van der Waals surface area contributed by atoms with Gasteiger partial charge in [0.05, 0.1) is 13.2 Å². The highest BCUT2D eigenvalue weighted by molar-refractivity contribution is 7.89. The molecule has 11 nitrogen and oxygen atoms in total. The summed E-state index contributed by atoms with van der Waals surface area (Å²) in [5.74, 6) is 0.167. The third kappa shape index (κ3) is 6.89. The van der Waals surface area contributed by atoms with Crippen molar-refractivity contribution in [3.8, 4) is 0 Å². The Labute approximate surface area is 240 Å². The predicted molar refractivity (Wildman–Crippen MR) is 155 cm³/mol. The minimum absolute atomic E-state index is 0.000985. The van der Waals surface area contributed by atoms with E-state index in [1.807, 2.05) is 41.3 Å². The molecule has 3 heterocycles. The quantitative estimate of drug-likeness (QED) is 0.214. The Hall–Kier alpha value is -3.87. The number of amides is 2. The Morgan fingerprint density at radius 3 is 2.51 bits per heavy atom. The van der Waals surface area contributed by atoms with Gasteiger partial charge in [0.15, 0.2) is 5.03 Å². The number of amidine groups is 1. The van der Waals surface area contributed by atoms with Crippen LogP contribution in [0, 0.1) is 17.2 Å². The van der Waals surface area contributed by atoms with Crippen LogP contribution in [0.15, 0.2) is 78.2 Å². The lowest BCUT2D eigenvalue weighted by atomic mass is 9.96. The van der Waals surface area contributed by atoms with Gasteiger partial charge in [0.2, 0.25) is 0 Å². The molecule has 0 aliphatic carbocycles. The molecule has 3 N–H and O–H groups in total. The Kier molecular flexibility index (Phi) is 8.91. The van der Waals surface area contributed by atoms with Crippen molar-refractivity contribution in [3.63, 3.8) is 0 Å². The summed E-state index contributed by atoms with van der Waals surface area (Å²) in [6.45, 7) is 3.27. The maximum absolute atomic E-state index is 13.7. The van der Waals surface area contributed by atoms with Crippen LogP contribution in [0.5, 0.6) is 0 Å². The summed E-state index contributed by atoms with van der Waals surface area (Å²) in [5, 5.41) is 7.82. The number of nitrogens with one attached hydrogen (secondary N) is 1. The molecule has 12 heteroatoms. The van der Waals surface area contributed by atoms with Crippen LogP contribution in [0.3, 0.4) is 0 Å². The third-order valence-electron chi connectivity index (χ3n) is 7.57. The van der Waals surface area contributed by atoms with Crippen molar-refractivity contribution in [1.82, 2.24) is 19.2 Å². The van der Waals surface area contributed by atoms with Crippen LogP contribution in [0.4, 0.5) is 10.5 Å². The summed E-state index contributed by atoms with van der Waals surface area (Å²) < 4.78 is 33.5. The number of nitrogens with two attached hydrogens (primary N) is 1. The number of sulfonamides is 1. The Balaban J connectivity index is 1.26. The maximum atomic E-state index is 13.7. The van der Waals surface area contributed by atoms with Crippen LogP contribution in [0.1, 0.15) is 24.0 Å². The average molecular weight is 578 g/mol. The number of piperidine rings is 1. The molecule has 2 aromatic carbocycles. The summed E-state index contributed by atoms with van der Waals surface area (Å²) in [6.07, 6.45) is 3.94. The number of nitrogen functional groups attached to an aromatic ring is 1. The number of benzene rings is 2. The first-order chi connectivity index (χ1) is 19.8. The summed E-state index contributed by atoms with van der Waals surface area (Å²) in [6, 6.07) is 18.4. The SMILES string of the molecule is N=C(N)c1cccc(N2CC(COCc3ccccc3)CN(CC3CCN(S(=O)(=O)c4ccncn4)CC3)C2=O)c1. The fraction of sp³-hybridized carbons (Fsp3) is 0.379. The van der Waals surface area contributed by atoms with Gasteiger partial charge in [-0.3, -0.25) is 10.3 Å².